The lowest BCUT2D eigenvalue weighted by Gasteiger charge is -2.13. The minimum Gasteiger partial charge on any atom is -0.454 e. The summed E-state index contributed by atoms with van der Waals surface area (Å²) in [5.74, 6) is -1.08. The van der Waals surface area contributed by atoms with Crippen molar-refractivity contribution in [2.24, 2.45) is 0 Å². The van der Waals surface area contributed by atoms with Gasteiger partial charge in [-0.15, -0.1) is 0 Å². The molecule has 0 fully saturated rings. The Morgan fingerprint density at radius 1 is 1.24 bits per heavy atom. The van der Waals surface area contributed by atoms with Gasteiger partial charge in [-0.25, -0.2) is 4.79 Å². The molecule has 0 saturated heterocycles. The van der Waals surface area contributed by atoms with Gasteiger partial charge >= 0.3 is 5.97 Å². The largest absolute Gasteiger partial charge is 0.454 e. The Morgan fingerprint density at radius 2 is 1.92 bits per heavy atom. The van der Waals surface area contributed by atoms with Gasteiger partial charge in [-0.3, -0.25) is 14.9 Å². The number of ether oxygens (including phenoxy) is 1. The molecular formula is C18H20N2O5. The van der Waals surface area contributed by atoms with Crippen molar-refractivity contribution in [2.45, 2.75) is 33.7 Å². The minimum absolute atomic E-state index is 0.0367. The third-order valence-corrected chi connectivity index (χ3v) is 3.93. The number of aryl methyl sites for hydroxylation is 1. The lowest BCUT2D eigenvalue weighted by molar-refractivity contribution is -0.384. The summed E-state index contributed by atoms with van der Waals surface area (Å²) in [5, 5.41) is 10.8. The lowest BCUT2D eigenvalue weighted by atomic mass is 10.1. The van der Waals surface area contributed by atoms with Crippen LogP contribution in [0.15, 0.2) is 30.3 Å². The molecule has 0 spiro atoms. The highest BCUT2D eigenvalue weighted by atomic mass is 16.6. The molecule has 0 unspecified atom stereocenters. The molecule has 1 aromatic carbocycles. The zero-order chi connectivity index (χ0) is 18.7. The number of ketones is 1. The molecule has 132 valence electrons. The van der Waals surface area contributed by atoms with Gasteiger partial charge in [-0.1, -0.05) is 6.07 Å². The second-order valence-electron chi connectivity index (χ2n) is 6.06. The summed E-state index contributed by atoms with van der Waals surface area (Å²) < 4.78 is 7.06. The normalized spacial score (nSPS) is 10.8. The van der Waals surface area contributed by atoms with Crippen molar-refractivity contribution >= 4 is 17.4 Å². The van der Waals surface area contributed by atoms with Crippen molar-refractivity contribution in [3.05, 3.63) is 63.0 Å². The number of non-ortho nitro benzene ring substituents is 1. The number of esters is 1. The number of hydrogen-bond donors (Lipinski definition) is 0. The maximum absolute atomic E-state index is 12.4. The number of nitrogens with zero attached hydrogens (tertiary/aromatic N) is 2. The molecule has 0 N–H and O–H groups in total. The van der Waals surface area contributed by atoms with Crippen molar-refractivity contribution in [2.75, 3.05) is 6.61 Å². The number of carbonyl (C=O) groups excluding carboxylic acids is 2. The maximum atomic E-state index is 12.4. The van der Waals surface area contributed by atoms with Crippen LogP contribution in [0.5, 0.6) is 0 Å². The number of rotatable bonds is 6. The average Bonchev–Trinajstić information content (AvgIpc) is 2.87. The Balaban J connectivity index is 2.10. The molecule has 1 heterocycles. The number of aromatic nitrogens is 1. The molecule has 25 heavy (non-hydrogen) atoms. The molecule has 0 aliphatic heterocycles. The van der Waals surface area contributed by atoms with Gasteiger partial charge in [0.1, 0.15) is 0 Å². The Hall–Kier alpha value is -2.96. The van der Waals surface area contributed by atoms with Crippen molar-refractivity contribution in [1.29, 1.82) is 0 Å². The van der Waals surface area contributed by atoms with E-state index in [1.807, 2.05) is 32.3 Å². The number of hydrogen-bond acceptors (Lipinski definition) is 5. The van der Waals surface area contributed by atoms with Crippen LogP contribution in [0.2, 0.25) is 0 Å². The molecular weight excluding hydrogens is 324 g/mol. The van der Waals surface area contributed by atoms with Gasteiger partial charge in [0.05, 0.1) is 10.5 Å². The van der Waals surface area contributed by atoms with E-state index in [1.54, 1.807) is 6.07 Å². The number of carbonyl (C=O) groups is 2. The van der Waals surface area contributed by atoms with E-state index in [-0.39, 0.29) is 23.1 Å². The van der Waals surface area contributed by atoms with Crippen LogP contribution in [-0.4, -0.2) is 27.8 Å². The quantitative estimate of drug-likeness (QED) is 0.345. The van der Waals surface area contributed by atoms with Gasteiger partial charge in [0.25, 0.3) is 5.69 Å². The van der Waals surface area contributed by atoms with E-state index >= 15 is 0 Å². The minimum atomic E-state index is -0.769. The summed E-state index contributed by atoms with van der Waals surface area (Å²) in [6, 6.07) is 7.20. The van der Waals surface area contributed by atoms with Crippen LogP contribution in [0.3, 0.4) is 0 Å². The van der Waals surface area contributed by atoms with Crippen LogP contribution in [0.1, 0.15) is 52.0 Å². The van der Waals surface area contributed by atoms with E-state index in [9.17, 15) is 19.7 Å². The Kier molecular flexibility index (Phi) is 5.36. The van der Waals surface area contributed by atoms with Crippen molar-refractivity contribution in [3.8, 4) is 0 Å². The second kappa shape index (κ2) is 7.29. The number of Topliss-reactive ketones (excluding diaryl/α,β-unsaturated/α-hetero) is 1. The summed E-state index contributed by atoms with van der Waals surface area (Å²) >= 11 is 0. The SMILES string of the molecule is Cc1cc(C(=O)COC(=O)c2cccc([N+](=O)[O-])c2)c(C)n1C(C)C. The first-order chi connectivity index (χ1) is 11.7. The van der Waals surface area contributed by atoms with Crippen LogP contribution in [0.4, 0.5) is 5.69 Å². The summed E-state index contributed by atoms with van der Waals surface area (Å²) in [6.07, 6.45) is 0. The van der Waals surface area contributed by atoms with Crippen molar-refractivity contribution in [1.82, 2.24) is 4.57 Å². The van der Waals surface area contributed by atoms with E-state index < -0.39 is 17.5 Å². The number of nitro benzene ring substituents is 1. The molecule has 7 nitrogen and oxygen atoms in total. The fourth-order valence-corrected chi connectivity index (χ4v) is 2.89. The maximum Gasteiger partial charge on any atom is 0.338 e. The first-order valence-electron chi connectivity index (χ1n) is 7.85. The smallest absolute Gasteiger partial charge is 0.338 e. The topological polar surface area (TPSA) is 91.4 Å². The summed E-state index contributed by atoms with van der Waals surface area (Å²) in [5.41, 5.74) is 2.12. The fourth-order valence-electron chi connectivity index (χ4n) is 2.89. The van der Waals surface area contributed by atoms with Gasteiger partial charge in [-0.2, -0.15) is 0 Å². The molecule has 7 heteroatoms. The highest BCUT2D eigenvalue weighted by Crippen LogP contribution is 2.21. The molecule has 2 aromatic rings. The van der Waals surface area contributed by atoms with Crippen molar-refractivity contribution in [3.63, 3.8) is 0 Å². The van der Waals surface area contributed by atoms with E-state index in [4.69, 9.17) is 4.74 Å². The van der Waals surface area contributed by atoms with Gasteiger partial charge in [0, 0.05) is 35.1 Å². The Labute approximate surface area is 145 Å². The summed E-state index contributed by atoms with van der Waals surface area (Å²) in [6.45, 7) is 7.40. The Bertz CT molecular complexity index is 836. The van der Waals surface area contributed by atoms with Crippen LogP contribution < -0.4 is 0 Å². The first-order valence-corrected chi connectivity index (χ1v) is 7.85. The fraction of sp³-hybridized carbons (Fsp3) is 0.333. The second-order valence-corrected chi connectivity index (χ2v) is 6.06. The molecule has 0 saturated carbocycles. The summed E-state index contributed by atoms with van der Waals surface area (Å²) in [4.78, 5) is 34.5. The Morgan fingerprint density at radius 3 is 2.48 bits per heavy atom. The van der Waals surface area contributed by atoms with Crippen molar-refractivity contribution < 1.29 is 19.2 Å². The highest BCUT2D eigenvalue weighted by Gasteiger charge is 2.19. The van der Waals surface area contributed by atoms with Crippen LogP contribution in [0, 0.1) is 24.0 Å². The summed E-state index contributed by atoms with van der Waals surface area (Å²) in [7, 11) is 0. The molecule has 0 amide bonds. The third kappa shape index (κ3) is 3.93. The van der Waals surface area contributed by atoms with Crippen LogP contribution in [-0.2, 0) is 4.74 Å². The molecule has 0 aliphatic carbocycles. The van der Waals surface area contributed by atoms with E-state index in [2.05, 4.69) is 0 Å². The van der Waals surface area contributed by atoms with E-state index in [0.717, 1.165) is 17.5 Å². The van der Waals surface area contributed by atoms with Gasteiger partial charge in [-0.05, 0) is 39.8 Å². The van der Waals surface area contributed by atoms with Gasteiger partial charge in [0.2, 0.25) is 5.78 Å². The molecule has 0 radical (unpaired) electrons. The number of nitro groups is 1. The van der Waals surface area contributed by atoms with E-state index in [0.29, 0.717) is 5.56 Å². The molecule has 0 aliphatic rings. The zero-order valence-electron chi connectivity index (χ0n) is 14.6. The average molecular weight is 344 g/mol. The van der Waals surface area contributed by atoms with Gasteiger partial charge < -0.3 is 9.30 Å². The monoisotopic (exact) mass is 344 g/mol. The zero-order valence-corrected chi connectivity index (χ0v) is 14.6. The first kappa shape index (κ1) is 18.4. The molecule has 1 aromatic heterocycles. The molecule has 0 atom stereocenters. The standard InChI is InChI=1S/C18H20N2O5/c1-11(2)19-12(3)8-16(13(19)4)17(21)10-25-18(22)14-6-5-7-15(9-14)20(23)24/h5-9,11H,10H2,1-4H3. The van der Waals surface area contributed by atoms with Crippen LogP contribution >= 0.6 is 0 Å². The molecule has 0 bridgehead atoms. The molecule has 2 rings (SSSR count). The predicted molar refractivity (Wildman–Crippen MR) is 92.0 cm³/mol. The highest BCUT2D eigenvalue weighted by molar-refractivity contribution is 6.00. The number of benzene rings is 1. The van der Waals surface area contributed by atoms with Gasteiger partial charge in [0.15, 0.2) is 6.61 Å². The lowest BCUT2D eigenvalue weighted by Crippen LogP contribution is -2.15. The van der Waals surface area contributed by atoms with Crippen LogP contribution in [0.25, 0.3) is 0 Å². The predicted octanol–water partition coefficient (Wildman–Crippen LogP) is 3.63. The van der Waals surface area contributed by atoms with E-state index in [1.165, 1.54) is 18.2 Å². The third-order valence-electron chi connectivity index (χ3n) is 3.93.